The van der Waals surface area contributed by atoms with Crippen LogP contribution in [-0.2, 0) is 0 Å². The van der Waals surface area contributed by atoms with Crippen molar-refractivity contribution in [1.82, 2.24) is 4.90 Å². The lowest BCUT2D eigenvalue weighted by Crippen LogP contribution is -2.49. The van der Waals surface area contributed by atoms with Crippen molar-refractivity contribution in [3.8, 4) is 0 Å². The van der Waals surface area contributed by atoms with Crippen molar-refractivity contribution in [3.63, 3.8) is 0 Å². The fourth-order valence-electron chi connectivity index (χ4n) is 2.32. The molecule has 2 heteroatoms. The van der Waals surface area contributed by atoms with E-state index in [0.717, 1.165) is 11.6 Å². The SMILES string of the molecule is CCC1BC(C)CN(C(C)(C)C)C1. The molecule has 0 amide bonds. The first-order valence-corrected chi connectivity index (χ1v) is 5.68. The molecule has 1 heterocycles. The van der Waals surface area contributed by atoms with Crippen LogP contribution in [0, 0.1) is 0 Å². The zero-order valence-electron chi connectivity index (χ0n) is 9.93. The standard InChI is InChI=1S/C11H24BN/c1-6-10-8-13(11(3,4)5)7-9(2)12-10/h9-10,12H,6-8H2,1-5H3. The van der Waals surface area contributed by atoms with Crippen molar-refractivity contribution >= 4 is 7.28 Å². The van der Waals surface area contributed by atoms with Crippen molar-refractivity contribution in [2.75, 3.05) is 13.1 Å². The topological polar surface area (TPSA) is 3.24 Å². The molecule has 1 aliphatic rings. The van der Waals surface area contributed by atoms with Gasteiger partial charge >= 0.3 is 0 Å². The van der Waals surface area contributed by atoms with Gasteiger partial charge in [0.15, 0.2) is 0 Å². The van der Waals surface area contributed by atoms with E-state index < -0.39 is 0 Å². The smallest absolute Gasteiger partial charge is 0.130 e. The highest BCUT2D eigenvalue weighted by Crippen LogP contribution is 2.29. The molecule has 0 radical (unpaired) electrons. The van der Waals surface area contributed by atoms with Crippen LogP contribution in [0.3, 0.4) is 0 Å². The van der Waals surface area contributed by atoms with Gasteiger partial charge in [-0.25, -0.2) is 0 Å². The molecule has 1 fully saturated rings. The van der Waals surface area contributed by atoms with E-state index in [1.165, 1.54) is 26.8 Å². The Kier molecular flexibility index (Phi) is 3.45. The maximum absolute atomic E-state index is 2.65. The second-order valence-electron chi connectivity index (χ2n) is 5.69. The lowest BCUT2D eigenvalue weighted by molar-refractivity contribution is 0.125. The summed E-state index contributed by atoms with van der Waals surface area (Å²) in [7, 11) is 1.43. The van der Waals surface area contributed by atoms with Crippen LogP contribution >= 0.6 is 0 Å². The van der Waals surface area contributed by atoms with E-state index in [4.69, 9.17) is 0 Å². The van der Waals surface area contributed by atoms with Crippen LogP contribution < -0.4 is 0 Å². The van der Waals surface area contributed by atoms with Gasteiger partial charge in [0, 0.05) is 5.54 Å². The minimum Gasteiger partial charge on any atom is -0.299 e. The molecule has 0 spiro atoms. The van der Waals surface area contributed by atoms with E-state index in [9.17, 15) is 0 Å². The molecule has 0 aromatic rings. The molecule has 0 saturated carbocycles. The molecule has 2 atom stereocenters. The Morgan fingerprint density at radius 1 is 1.31 bits per heavy atom. The Balaban J connectivity index is 2.57. The van der Waals surface area contributed by atoms with Gasteiger partial charge in [-0.1, -0.05) is 31.9 Å². The predicted molar refractivity (Wildman–Crippen MR) is 61.9 cm³/mol. The number of hydrogen-bond acceptors (Lipinski definition) is 1. The molecule has 0 aliphatic carbocycles. The molecular formula is C11H24BN. The molecule has 0 N–H and O–H groups in total. The molecule has 76 valence electrons. The summed E-state index contributed by atoms with van der Waals surface area (Å²) in [6, 6.07) is 0. The highest BCUT2D eigenvalue weighted by atomic mass is 15.2. The van der Waals surface area contributed by atoms with Crippen LogP contribution in [0.25, 0.3) is 0 Å². The highest BCUT2D eigenvalue weighted by Gasteiger charge is 2.30. The van der Waals surface area contributed by atoms with Gasteiger partial charge in [0.05, 0.1) is 0 Å². The Bertz CT molecular complexity index is 162. The molecule has 0 aromatic heterocycles. The van der Waals surface area contributed by atoms with Crippen LogP contribution in [0.15, 0.2) is 0 Å². The third-order valence-electron chi connectivity index (χ3n) is 3.27. The van der Waals surface area contributed by atoms with E-state index in [1.807, 2.05) is 0 Å². The molecule has 1 rings (SSSR count). The van der Waals surface area contributed by atoms with Gasteiger partial charge in [-0.3, -0.25) is 4.90 Å². The molecule has 1 nitrogen and oxygen atoms in total. The zero-order chi connectivity index (χ0) is 10.1. The van der Waals surface area contributed by atoms with E-state index in [1.54, 1.807) is 0 Å². The fraction of sp³-hybridized carbons (Fsp3) is 1.00. The van der Waals surface area contributed by atoms with Crippen molar-refractivity contribution in [1.29, 1.82) is 0 Å². The second-order valence-corrected chi connectivity index (χ2v) is 5.69. The summed E-state index contributed by atoms with van der Waals surface area (Å²) >= 11 is 0. The highest BCUT2D eigenvalue weighted by molar-refractivity contribution is 6.40. The molecule has 1 saturated heterocycles. The van der Waals surface area contributed by atoms with Gasteiger partial charge in [0.1, 0.15) is 7.28 Å². The summed E-state index contributed by atoms with van der Waals surface area (Å²) in [6.07, 6.45) is 1.34. The van der Waals surface area contributed by atoms with Crippen LogP contribution in [0.4, 0.5) is 0 Å². The Labute approximate surface area is 84.1 Å². The Hall–Kier alpha value is 0.0249. The Morgan fingerprint density at radius 2 is 1.92 bits per heavy atom. The van der Waals surface area contributed by atoms with Gasteiger partial charge in [0.2, 0.25) is 0 Å². The van der Waals surface area contributed by atoms with E-state index in [2.05, 4.69) is 39.5 Å². The number of nitrogens with zero attached hydrogens (tertiary/aromatic N) is 1. The third-order valence-corrected chi connectivity index (χ3v) is 3.27. The van der Waals surface area contributed by atoms with Crippen molar-refractivity contribution < 1.29 is 0 Å². The monoisotopic (exact) mass is 181 g/mol. The molecule has 1 aliphatic heterocycles. The molecule has 13 heavy (non-hydrogen) atoms. The van der Waals surface area contributed by atoms with Gasteiger partial charge in [0.25, 0.3) is 0 Å². The molecule has 0 aromatic carbocycles. The Morgan fingerprint density at radius 3 is 2.38 bits per heavy atom. The van der Waals surface area contributed by atoms with E-state index in [-0.39, 0.29) is 0 Å². The second kappa shape index (κ2) is 4.04. The molecular weight excluding hydrogens is 157 g/mol. The molecule has 2 unspecified atom stereocenters. The average Bonchev–Trinajstić information content (AvgIpc) is 2.01. The summed E-state index contributed by atoms with van der Waals surface area (Å²) in [5, 5.41) is 0. The average molecular weight is 181 g/mol. The zero-order valence-corrected chi connectivity index (χ0v) is 9.93. The quantitative estimate of drug-likeness (QED) is 0.562. The van der Waals surface area contributed by atoms with Gasteiger partial charge in [-0.15, -0.1) is 0 Å². The van der Waals surface area contributed by atoms with Crippen molar-refractivity contribution in [3.05, 3.63) is 0 Å². The summed E-state index contributed by atoms with van der Waals surface area (Å²) in [5.74, 6) is 1.82. The van der Waals surface area contributed by atoms with E-state index >= 15 is 0 Å². The van der Waals surface area contributed by atoms with Crippen LogP contribution in [0.1, 0.15) is 41.0 Å². The number of rotatable bonds is 1. The summed E-state index contributed by atoms with van der Waals surface area (Å²) < 4.78 is 0. The first-order chi connectivity index (χ1) is 5.93. The van der Waals surface area contributed by atoms with Gasteiger partial charge in [-0.2, -0.15) is 0 Å². The van der Waals surface area contributed by atoms with E-state index in [0.29, 0.717) is 5.54 Å². The lowest BCUT2D eigenvalue weighted by atomic mass is 9.52. The minimum absolute atomic E-state index is 0.363. The van der Waals surface area contributed by atoms with Crippen LogP contribution in [0.5, 0.6) is 0 Å². The van der Waals surface area contributed by atoms with Gasteiger partial charge in [-0.05, 0) is 33.9 Å². The predicted octanol–water partition coefficient (Wildman–Crippen LogP) is 2.54. The summed E-state index contributed by atoms with van der Waals surface area (Å²) in [5.41, 5.74) is 0.363. The third kappa shape index (κ3) is 3.01. The minimum atomic E-state index is 0.363. The van der Waals surface area contributed by atoms with Crippen molar-refractivity contribution in [2.24, 2.45) is 0 Å². The maximum atomic E-state index is 2.65. The normalized spacial score (nSPS) is 31.5. The summed E-state index contributed by atoms with van der Waals surface area (Å²) in [6.45, 7) is 14.3. The van der Waals surface area contributed by atoms with Crippen molar-refractivity contribution in [2.45, 2.75) is 58.2 Å². The first-order valence-electron chi connectivity index (χ1n) is 5.68. The lowest BCUT2D eigenvalue weighted by Gasteiger charge is -2.43. The fourth-order valence-corrected chi connectivity index (χ4v) is 2.32. The number of hydrogen-bond donors (Lipinski definition) is 0. The van der Waals surface area contributed by atoms with Crippen LogP contribution in [0.2, 0.25) is 11.6 Å². The van der Waals surface area contributed by atoms with Crippen LogP contribution in [-0.4, -0.2) is 30.8 Å². The first kappa shape index (κ1) is 11.1. The van der Waals surface area contributed by atoms with Gasteiger partial charge < -0.3 is 0 Å². The largest absolute Gasteiger partial charge is 0.299 e. The maximum Gasteiger partial charge on any atom is 0.130 e. The summed E-state index contributed by atoms with van der Waals surface area (Å²) in [4.78, 5) is 2.65. The molecule has 0 bridgehead atoms.